The molecule has 6 nitrogen and oxygen atoms in total. The summed E-state index contributed by atoms with van der Waals surface area (Å²) in [5.41, 5.74) is 0.652. The number of carbonyl (C=O) groups excluding carboxylic acids is 1. The van der Waals surface area contributed by atoms with Crippen molar-refractivity contribution in [2.24, 2.45) is 0 Å². The Bertz CT molecular complexity index is 599. The maximum Gasteiger partial charge on any atom is 0.422 e. The van der Waals surface area contributed by atoms with E-state index in [-0.39, 0.29) is 6.54 Å². The minimum atomic E-state index is -4.54. The van der Waals surface area contributed by atoms with E-state index < -0.39 is 18.9 Å². The Morgan fingerprint density at radius 3 is 2.86 bits per heavy atom. The second-order valence-corrected chi connectivity index (χ2v) is 4.02. The fourth-order valence-electron chi connectivity index (χ4n) is 1.47. The minimum absolute atomic E-state index is 0.0213. The summed E-state index contributed by atoms with van der Waals surface area (Å²) in [7, 11) is 0. The second kappa shape index (κ2) is 6.25. The average Bonchev–Trinajstić information content (AvgIpc) is 2.96. The summed E-state index contributed by atoms with van der Waals surface area (Å²) >= 11 is 0. The summed E-state index contributed by atoms with van der Waals surface area (Å²) in [4.78, 5) is 15.2. The summed E-state index contributed by atoms with van der Waals surface area (Å²) in [5.74, 6) is 0.531. The zero-order chi connectivity index (χ0) is 15.3. The number of hydrogen-bond acceptors (Lipinski definition) is 4. The van der Waals surface area contributed by atoms with Crippen molar-refractivity contribution in [3.63, 3.8) is 0 Å². The molecule has 0 atom stereocenters. The number of hydrogen-bond donors (Lipinski definition) is 1. The fraction of sp³-hybridized carbons (Fsp3) is 0.250. The molecule has 0 aliphatic rings. The number of amides is 1. The third kappa shape index (κ3) is 4.79. The van der Waals surface area contributed by atoms with E-state index >= 15 is 0 Å². The van der Waals surface area contributed by atoms with Crippen molar-refractivity contribution in [3.05, 3.63) is 42.4 Å². The van der Waals surface area contributed by atoms with Gasteiger partial charge in [-0.25, -0.2) is 14.5 Å². The van der Waals surface area contributed by atoms with E-state index in [0.717, 1.165) is 0 Å². The van der Waals surface area contributed by atoms with E-state index in [1.165, 1.54) is 10.9 Å². The van der Waals surface area contributed by atoms with Crippen LogP contribution in [0.3, 0.4) is 0 Å². The maximum atomic E-state index is 11.9. The standard InChI is InChI=1S/C12H11F3N4O2/c13-12(14,15)8-21-11(20)17-7-9-2-4-16-10(6-9)19-5-1-3-18-19/h1-6H,7-8H2,(H,17,20). The van der Waals surface area contributed by atoms with Crippen LogP contribution in [0, 0.1) is 0 Å². The van der Waals surface area contributed by atoms with Gasteiger partial charge in [0.25, 0.3) is 0 Å². The molecule has 21 heavy (non-hydrogen) atoms. The predicted molar refractivity (Wildman–Crippen MR) is 65.6 cm³/mol. The Labute approximate surface area is 117 Å². The number of halogens is 3. The molecule has 0 fully saturated rings. The van der Waals surface area contributed by atoms with E-state index in [1.54, 1.807) is 30.6 Å². The van der Waals surface area contributed by atoms with Gasteiger partial charge in [-0.15, -0.1) is 0 Å². The lowest BCUT2D eigenvalue weighted by molar-refractivity contribution is -0.160. The zero-order valence-corrected chi connectivity index (χ0v) is 10.7. The minimum Gasteiger partial charge on any atom is -0.440 e. The van der Waals surface area contributed by atoms with E-state index in [9.17, 15) is 18.0 Å². The molecule has 0 spiro atoms. The summed E-state index contributed by atoms with van der Waals surface area (Å²) < 4.78 is 41.1. The van der Waals surface area contributed by atoms with E-state index in [0.29, 0.717) is 11.4 Å². The molecule has 2 aromatic rings. The molecule has 0 aliphatic carbocycles. The van der Waals surface area contributed by atoms with Crippen LogP contribution in [-0.2, 0) is 11.3 Å². The molecule has 0 radical (unpaired) electrons. The number of carbonyl (C=O) groups is 1. The molecule has 112 valence electrons. The highest BCUT2D eigenvalue weighted by atomic mass is 19.4. The zero-order valence-electron chi connectivity index (χ0n) is 10.7. The largest absolute Gasteiger partial charge is 0.440 e. The molecule has 0 unspecified atom stereocenters. The van der Waals surface area contributed by atoms with Crippen molar-refractivity contribution in [2.75, 3.05) is 6.61 Å². The quantitative estimate of drug-likeness (QED) is 0.938. The number of nitrogens with one attached hydrogen (secondary N) is 1. The summed E-state index contributed by atoms with van der Waals surface area (Å²) in [5, 5.41) is 6.22. The average molecular weight is 300 g/mol. The first kappa shape index (κ1) is 14.8. The van der Waals surface area contributed by atoms with Crippen molar-refractivity contribution in [3.8, 4) is 5.82 Å². The van der Waals surface area contributed by atoms with Crippen molar-refractivity contribution in [2.45, 2.75) is 12.7 Å². The Hall–Kier alpha value is -2.58. The summed E-state index contributed by atoms with van der Waals surface area (Å²) in [6.07, 6.45) is -0.890. The number of alkyl carbamates (subject to hydrolysis) is 1. The monoisotopic (exact) mass is 300 g/mol. The SMILES string of the molecule is O=C(NCc1ccnc(-n2cccn2)c1)OCC(F)(F)F. The van der Waals surface area contributed by atoms with Crippen LogP contribution in [0.15, 0.2) is 36.8 Å². The van der Waals surface area contributed by atoms with E-state index in [4.69, 9.17) is 0 Å². The van der Waals surface area contributed by atoms with Gasteiger partial charge in [-0.3, -0.25) is 0 Å². The number of aromatic nitrogens is 3. The molecule has 2 heterocycles. The summed E-state index contributed by atoms with van der Waals surface area (Å²) in [6, 6.07) is 5.00. The number of pyridine rings is 1. The topological polar surface area (TPSA) is 69.0 Å². The molecule has 0 aromatic carbocycles. The molecule has 2 rings (SSSR count). The van der Waals surface area contributed by atoms with Crippen LogP contribution in [-0.4, -0.2) is 33.6 Å². The van der Waals surface area contributed by atoms with Gasteiger partial charge in [0.2, 0.25) is 0 Å². The van der Waals surface area contributed by atoms with Crippen LogP contribution < -0.4 is 5.32 Å². The molecule has 0 bridgehead atoms. The molecule has 0 saturated heterocycles. The first-order valence-electron chi connectivity index (χ1n) is 5.86. The first-order valence-corrected chi connectivity index (χ1v) is 5.86. The van der Waals surface area contributed by atoms with Crippen molar-refractivity contribution >= 4 is 6.09 Å². The van der Waals surface area contributed by atoms with Crippen molar-refractivity contribution in [1.29, 1.82) is 0 Å². The maximum absolute atomic E-state index is 11.9. The van der Waals surface area contributed by atoms with Crippen LogP contribution in [0.5, 0.6) is 0 Å². The smallest absolute Gasteiger partial charge is 0.422 e. The second-order valence-electron chi connectivity index (χ2n) is 4.02. The molecule has 9 heteroatoms. The third-order valence-electron chi connectivity index (χ3n) is 2.35. The third-order valence-corrected chi connectivity index (χ3v) is 2.35. The lowest BCUT2D eigenvalue weighted by Gasteiger charge is -2.09. The molecule has 2 aromatic heterocycles. The van der Waals surface area contributed by atoms with Gasteiger partial charge < -0.3 is 10.1 Å². The van der Waals surface area contributed by atoms with E-state index in [1.807, 2.05) is 0 Å². The van der Waals surface area contributed by atoms with Gasteiger partial charge >= 0.3 is 12.3 Å². The number of alkyl halides is 3. The van der Waals surface area contributed by atoms with Crippen LogP contribution in [0.2, 0.25) is 0 Å². The Kier molecular flexibility index (Phi) is 4.41. The molecule has 1 amide bonds. The molecule has 0 saturated carbocycles. The number of nitrogens with zero attached hydrogens (tertiary/aromatic N) is 3. The number of rotatable bonds is 4. The van der Waals surface area contributed by atoms with Gasteiger partial charge in [-0.2, -0.15) is 18.3 Å². The van der Waals surface area contributed by atoms with Gasteiger partial charge in [0, 0.05) is 25.1 Å². The molecular formula is C12H11F3N4O2. The number of ether oxygens (including phenoxy) is 1. The first-order chi connectivity index (χ1) is 9.94. The fourth-order valence-corrected chi connectivity index (χ4v) is 1.47. The normalized spacial score (nSPS) is 11.2. The Morgan fingerprint density at radius 2 is 2.19 bits per heavy atom. The highest BCUT2D eigenvalue weighted by Gasteiger charge is 2.29. The van der Waals surface area contributed by atoms with Crippen molar-refractivity contribution in [1.82, 2.24) is 20.1 Å². The van der Waals surface area contributed by atoms with Gasteiger partial charge in [0.1, 0.15) is 0 Å². The van der Waals surface area contributed by atoms with Crippen LogP contribution in [0.25, 0.3) is 5.82 Å². The van der Waals surface area contributed by atoms with Gasteiger partial charge in [-0.05, 0) is 23.8 Å². The van der Waals surface area contributed by atoms with E-state index in [2.05, 4.69) is 20.1 Å². The van der Waals surface area contributed by atoms with Gasteiger partial charge in [0.05, 0.1) is 0 Å². The molecule has 1 N–H and O–H groups in total. The molecular weight excluding hydrogens is 289 g/mol. The molecule has 0 aliphatic heterocycles. The van der Waals surface area contributed by atoms with Gasteiger partial charge in [0.15, 0.2) is 12.4 Å². The predicted octanol–water partition coefficient (Wildman–Crippen LogP) is 2.06. The lowest BCUT2D eigenvalue weighted by Crippen LogP contribution is -2.28. The highest BCUT2D eigenvalue weighted by molar-refractivity contribution is 5.67. The van der Waals surface area contributed by atoms with Gasteiger partial charge in [-0.1, -0.05) is 0 Å². The van der Waals surface area contributed by atoms with Crippen LogP contribution >= 0.6 is 0 Å². The van der Waals surface area contributed by atoms with Crippen LogP contribution in [0.1, 0.15) is 5.56 Å². The lowest BCUT2D eigenvalue weighted by atomic mass is 10.2. The summed E-state index contributed by atoms with van der Waals surface area (Å²) in [6.45, 7) is -1.60. The Morgan fingerprint density at radius 1 is 1.38 bits per heavy atom. The van der Waals surface area contributed by atoms with Crippen molar-refractivity contribution < 1.29 is 22.7 Å². The van der Waals surface area contributed by atoms with Crippen LogP contribution in [0.4, 0.5) is 18.0 Å². The Balaban J connectivity index is 1.89. The highest BCUT2D eigenvalue weighted by Crippen LogP contribution is 2.14.